The van der Waals surface area contributed by atoms with E-state index in [4.69, 9.17) is 11.6 Å². The monoisotopic (exact) mass is 367 g/mol. The molecule has 0 aliphatic carbocycles. The van der Waals surface area contributed by atoms with Crippen molar-refractivity contribution in [3.05, 3.63) is 76.5 Å². The highest BCUT2D eigenvalue weighted by molar-refractivity contribution is 7.13. The molecule has 0 bridgehead atoms. The van der Waals surface area contributed by atoms with Crippen molar-refractivity contribution in [1.82, 2.24) is 15.3 Å². The van der Waals surface area contributed by atoms with Gasteiger partial charge in [-0.05, 0) is 47.3 Å². The molecular weight excluding hydrogens is 354 g/mol. The second-order valence-electron chi connectivity index (χ2n) is 5.58. The van der Waals surface area contributed by atoms with Crippen LogP contribution in [0.5, 0.6) is 0 Å². The number of hydrogen-bond donors (Lipinski definition) is 2. The largest absolute Gasteiger partial charge is 0.350 e. The van der Waals surface area contributed by atoms with E-state index in [1.165, 1.54) is 0 Å². The van der Waals surface area contributed by atoms with Gasteiger partial charge in [-0.25, -0.2) is 0 Å². The maximum absolute atomic E-state index is 12.8. The van der Waals surface area contributed by atoms with Crippen molar-refractivity contribution < 1.29 is 4.79 Å². The van der Waals surface area contributed by atoms with Crippen LogP contribution < -0.4 is 5.32 Å². The van der Waals surface area contributed by atoms with E-state index < -0.39 is 0 Å². The zero-order valence-corrected chi connectivity index (χ0v) is 14.7. The number of fused-ring (bicyclic) bond motifs is 1. The molecule has 3 aromatic heterocycles. The molecule has 0 saturated heterocycles. The fraction of sp³-hybridized carbons (Fsp3) is 0.0526. The van der Waals surface area contributed by atoms with E-state index in [1.54, 1.807) is 23.7 Å². The Hall–Kier alpha value is -2.63. The molecule has 3 heterocycles. The Morgan fingerprint density at radius 1 is 1.20 bits per heavy atom. The predicted molar refractivity (Wildman–Crippen MR) is 102 cm³/mol. The Kier molecular flexibility index (Phi) is 4.26. The number of nitrogens with one attached hydrogen (secondary N) is 2. The molecular formula is C19H14ClN3OS. The lowest BCUT2D eigenvalue weighted by Gasteiger charge is -2.06. The number of pyridine rings is 1. The lowest BCUT2D eigenvalue weighted by Crippen LogP contribution is -2.23. The molecule has 0 saturated carbocycles. The third-order valence-corrected chi connectivity index (χ3v) is 5.08. The fourth-order valence-corrected chi connectivity index (χ4v) is 3.75. The van der Waals surface area contributed by atoms with Gasteiger partial charge in [0.1, 0.15) is 5.69 Å². The number of carbonyl (C=O) groups is 1. The average molecular weight is 368 g/mol. The zero-order chi connectivity index (χ0) is 17.2. The van der Waals surface area contributed by atoms with E-state index >= 15 is 0 Å². The Bertz CT molecular complexity index is 1030. The topological polar surface area (TPSA) is 57.8 Å². The number of nitrogens with zero attached hydrogens (tertiary/aromatic N) is 1. The third kappa shape index (κ3) is 3.16. The molecule has 0 aliphatic heterocycles. The summed E-state index contributed by atoms with van der Waals surface area (Å²) < 4.78 is 0. The van der Waals surface area contributed by atoms with Gasteiger partial charge in [0, 0.05) is 45.3 Å². The Labute approximate surface area is 153 Å². The molecule has 4 nitrogen and oxygen atoms in total. The van der Waals surface area contributed by atoms with Gasteiger partial charge >= 0.3 is 0 Å². The van der Waals surface area contributed by atoms with Gasteiger partial charge in [0.15, 0.2) is 0 Å². The average Bonchev–Trinajstić information content (AvgIpc) is 3.27. The first kappa shape index (κ1) is 15.9. The molecule has 2 N–H and O–H groups in total. The molecule has 0 unspecified atom stereocenters. The first-order chi connectivity index (χ1) is 12.2. The number of aromatic amines is 1. The Morgan fingerprint density at radius 2 is 2.04 bits per heavy atom. The fourth-order valence-electron chi connectivity index (χ4n) is 2.78. The number of halogens is 1. The Morgan fingerprint density at radius 3 is 2.80 bits per heavy atom. The summed E-state index contributed by atoms with van der Waals surface area (Å²) in [6.07, 6.45) is 3.42. The number of H-pyrrole nitrogens is 1. The second kappa shape index (κ2) is 6.70. The van der Waals surface area contributed by atoms with E-state index in [0.29, 0.717) is 17.3 Å². The molecule has 0 aliphatic rings. The van der Waals surface area contributed by atoms with Crippen LogP contribution in [-0.4, -0.2) is 15.9 Å². The van der Waals surface area contributed by atoms with Crippen molar-refractivity contribution >= 4 is 39.7 Å². The quantitative estimate of drug-likeness (QED) is 0.540. The van der Waals surface area contributed by atoms with Gasteiger partial charge in [0.2, 0.25) is 0 Å². The van der Waals surface area contributed by atoms with Crippen LogP contribution in [0.3, 0.4) is 0 Å². The standard InChI is InChI=1S/C19H14ClN3OS/c20-13-3-4-15-14(10-13)17(16-2-1-9-25-16)18(23-15)19(24)22-11-12-5-7-21-8-6-12/h1-10,23H,11H2,(H,22,24). The Balaban J connectivity index is 1.73. The lowest BCUT2D eigenvalue weighted by atomic mass is 10.1. The first-order valence-corrected chi connectivity index (χ1v) is 9.00. The van der Waals surface area contributed by atoms with Crippen LogP contribution >= 0.6 is 22.9 Å². The van der Waals surface area contributed by atoms with E-state index in [-0.39, 0.29) is 5.91 Å². The zero-order valence-electron chi connectivity index (χ0n) is 13.1. The molecule has 124 valence electrons. The summed E-state index contributed by atoms with van der Waals surface area (Å²) in [7, 11) is 0. The van der Waals surface area contributed by atoms with Crippen LogP contribution in [-0.2, 0) is 6.54 Å². The SMILES string of the molecule is O=C(NCc1ccncc1)c1[nH]c2ccc(Cl)cc2c1-c1cccs1. The molecule has 0 fully saturated rings. The molecule has 4 rings (SSSR count). The number of benzene rings is 1. The van der Waals surface area contributed by atoms with Crippen molar-refractivity contribution in [2.24, 2.45) is 0 Å². The maximum Gasteiger partial charge on any atom is 0.268 e. The minimum atomic E-state index is -0.146. The van der Waals surface area contributed by atoms with Crippen LogP contribution in [0.2, 0.25) is 5.02 Å². The van der Waals surface area contributed by atoms with Gasteiger partial charge in [-0.2, -0.15) is 0 Å². The normalized spacial score (nSPS) is 10.9. The summed E-state index contributed by atoms with van der Waals surface area (Å²) in [4.78, 5) is 21.1. The van der Waals surface area contributed by atoms with Crippen molar-refractivity contribution in [3.8, 4) is 10.4 Å². The van der Waals surface area contributed by atoms with E-state index in [1.807, 2.05) is 47.8 Å². The summed E-state index contributed by atoms with van der Waals surface area (Å²) >= 11 is 7.76. The first-order valence-electron chi connectivity index (χ1n) is 7.74. The highest BCUT2D eigenvalue weighted by atomic mass is 35.5. The highest BCUT2D eigenvalue weighted by Crippen LogP contribution is 2.36. The molecule has 1 amide bonds. The number of hydrogen-bond acceptors (Lipinski definition) is 3. The van der Waals surface area contributed by atoms with Gasteiger partial charge in [0.05, 0.1) is 0 Å². The van der Waals surface area contributed by atoms with Gasteiger partial charge in [-0.15, -0.1) is 11.3 Å². The van der Waals surface area contributed by atoms with Crippen LogP contribution in [0.15, 0.2) is 60.2 Å². The highest BCUT2D eigenvalue weighted by Gasteiger charge is 2.20. The number of carbonyl (C=O) groups excluding carboxylic acids is 1. The number of thiophene rings is 1. The second-order valence-corrected chi connectivity index (χ2v) is 6.96. The van der Waals surface area contributed by atoms with Gasteiger partial charge < -0.3 is 10.3 Å². The van der Waals surface area contributed by atoms with Gasteiger partial charge in [0.25, 0.3) is 5.91 Å². The van der Waals surface area contributed by atoms with Gasteiger partial charge in [-0.1, -0.05) is 17.7 Å². The molecule has 0 atom stereocenters. The number of aromatic nitrogens is 2. The van der Waals surface area contributed by atoms with Crippen molar-refractivity contribution in [2.45, 2.75) is 6.54 Å². The summed E-state index contributed by atoms with van der Waals surface area (Å²) in [5.41, 5.74) is 3.33. The molecule has 6 heteroatoms. The maximum atomic E-state index is 12.8. The van der Waals surface area contributed by atoms with Crippen LogP contribution in [0.1, 0.15) is 16.1 Å². The van der Waals surface area contributed by atoms with Crippen molar-refractivity contribution in [1.29, 1.82) is 0 Å². The summed E-state index contributed by atoms with van der Waals surface area (Å²) in [5, 5.41) is 6.56. The smallest absolute Gasteiger partial charge is 0.268 e. The van der Waals surface area contributed by atoms with Crippen LogP contribution in [0, 0.1) is 0 Å². The predicted octanol–water partition coefficient (Wildman–Crippen LogP) is 4.87. The molecule has 4 aromatic rings. The third-order valence-electron chi connectivity index (χ3n) is 3.96. The minimum Gasteiger partial charge on any atom is -0.350 e. The van der Waals surface area contributed by atoms with Crippen LogP contribution in [0.25, 0.3) is 21.3 Å². The summed E-state index contributed by atoms with van der Waals surface area (Å²) in [6.45, 7) is 0.446. The number of amides is 1. The van der Waals surface area contributed by atoms with E-state index in [0.717, 1.165) is 26.9 Å². The van der Waals surface area contributed by atoms with Crippen molar-refractivity contribution in [2.75, 3.05) is 0 Å². The number of rotatable bonds is 4. The van der Waals surface area contributed by atoms with Crippen LogP contribution in [0.4, 0.5) is 0 Å². The molecule has 0 radical (unpaired) electrons. The van der Waals surface area contributed by atoms with Crippen molar-refractivity contribution in [3.63, 3.8) is 0 Å². The van der Waals surface area contributed by atoms with E-state index in [9.17, 15) is 4.79 Å². The summed E-state index contributed by atoms with van der Waals surface area (Å²) in [5.74, 6) is -0.146. The van der Waals surface area contributed by atoms with E-state index in [2.05, 4.69) is 15.3 Å². The molecule has 1 aromatic carbocycles. The minimum absolute atomic E-state index is 0.146. The molecule has 25 heavy (non-hydrogen) atoms. The summed E-state index contributed by atoms with van der Waals surface area (Å²) in [6, 6.07) is 13.3. The lowest BCUT2D eigenvalue weighted by molar-refractivity contribution is 0.0947. The van der Waals surface area contributed by atoms with Gasteiger partial charge in [-0.3, -0.25) is 9.78 Å². The molecule has 0 spiro atoms.